The lowest BCUT2D eigenvalue weighted by atomic mass is 9.82. The van der Waals surface area contributed by atoms with E-state index < -0.39 is 0 Å². The van der Waals surface area contributed by atoms with Gasteiger partial charge in [0.05, 0.1) is 12.5 Å². The molecule has 0 N–H and O–H groups in total. The van der Waals surface area contributed by atoms with E-state index in [0.717, 1.165) is 19.6 Å². The van der Waals surface area contributed by atoms with Gasteiger partial charge in [0.25, 0.3) is 0 Å². The monoisotopic (exact) mass is 261 g/mol. The van der Waals surface area contributed by atoms with Crippen LogP contribution in [-0.4, -0.2) is 30.6 Å². The van der Waals surface area contributed by atoms with Gasteiger partial charge in [-0.25, -0.2) is 0 Å². The van der Waals surface area contributed by atoms with Crippen LogP contribution < -0.4 is 0 Å². The van der Waals surface area contributed by atoms with E-state index in [-0.39, 0.29) is 17.3 Å². The predicted molar refractivity (Wildman–Crippen MR) is 75.6 cm³/mol. The molecule has 3 heteroatoms. The highest BCUT2D eigenvalue weighted by molar-refractivity contribution is 5.74. The normalized spacial score (nSPS) is 22.4. The Kier molecular flexibility index (Phi) is 4.25. The summed E-state index contributed by atoms with van der Waals surface area (Å²) in [5.74, 6) is -0.0702. The van der Waals surface area contributed by atoms with E-state index >= 15 is 0 Å². The highest BCUT2D eigenvalue weighted by atomic mass is 16.5. The molecule has 104 valence electrons. The van der Waals surface area contributed by atoms with Crippen LogP contribution in [0.5, 0.6) is 0 Å². The second-order valence-corrected chi connectivity index (χ2v) is 5.95. The second kappa shape index (κ2) is 5.74. The quantitative estimate of drug-likeness (QED) is 0.780. The number of esters is 1. The Morgan fingerprint density at radius 3 is 2.68 bits per heavy atom. The number of hydrogen-bond acceptors (Lipinski definition) is 3. The highest BCUT2D eigenvalue weighted by Crippen LogP contribution is 2.36. The van der Waals surface area contributed by atoms with E-state index in [9.17, 15) is 4.79 Å². The van der Waals surface area contributed by atoms with Gasteiger partial charge in [-0.15, -0.1) is 0 Å². The minimum absolute atomic E-state index is 0.0129. The zero-order chi connectivity index (χ0) is 13.9. The molecule has 2 rings (SSSR count). The molecular formula is C16H23NO2. The topological polar surface area (TPSA) is 29.5 Å². The van der Waals surface area contributed by atoms with Crippen molar-refractivity contribution in [3.63, 3.8) is 0 Å². The molecule has 0 amide bonds. The zero-order valence-electron chi connectivity index (χ0n) is 12.1. The molecule has 0 bridgehead atoms. The Morgan fingerprint density at radius 2 is 2.05 bits per heavy atom. The molecule has 0 unspecified atom stereocenters. The van der Waals surface area contributed by atoms with E-state index in [1.165, 1.54) is 5.56 Å². The number of likely N-dealkylation sites (tertiary alicyclic amines) is 1. The smallest absolute Gasteiger partial charge is 0.310 e. The summed E-state index contributed by atoms with van der Waals surface area (Å²) < 4.78 is 5.19. The van der Waals surface area contributed by atoms with Crippen molar-refractivity contribution in [1.82, 2.24) is 4.90 Å². The molecule has 3 nitrogen and oxygen atoms in total. The number of benzene rings is 1. The van der Waals surface area contributed by atoms with E-state index in [4.69, 9.17) is 4.74 Å². The van der Waals surface area contributed by atoms with Gasteiger partial charge >= 0.3 is 5.97 Å². The standard InChI is InChI=1S/C16H23NO2/c1-4-19-15(18)14-11-17(12-16(14,2)3)10-13-8-6-5-7-9-13/h5-9,14H,4,10-12H2,1-3H3/t14-/m0/s1. The van der Waals surface area contributed by atoms with Crippen molar-refractivity contribution in [3.8, 4) is 0 Å². The van der Waals surface area contributed by atoms with E-state index in [2.05, 4.69) is 43.0 Å². The Bertz CT molecular complexity index is 428. The van der Waals surface area contributed by atoms with Gasteiger partial charge in [0.15, 0.2) is 0 Å². The molecule has 0 radical (unpaired) electrons. The molecule has 0 aliphatic carbocycles. The molecule has 0 aromatic heterocycles. The second-order valence-electron chi connectivity index (χ2n) is 5.95. The third kappa shape index (κ3) is 3.35. The molecule has 1 atom stereocenters. The van der Waals surface area contributed by atoms with Crippen LogP contribution in [-0.2, 0) is 16.1 Å². The summed E-state index contributed by atoms with van der Waals surface area (Å²) >= 11 is 0. The molecule has 19 heavy (non-hydrogen) atoms. The molecule has 1 fully saturated rings. The van der Waals surface area contributed by atoms with E-state index in [0.29, 0.717) is 6.61 Å². The Hall–Kier alpha value is -1.35. The summed E-state index contributed by atoms with van der Waals surface area (Å²) in [4.78, 5) is 14.4. The van der Waals surface area contributed by atoms with E-state index in [1.807, 2.05) is 13.0 Å². The largest absolute Gasteiger partial charge is 0.466 e. The van der Waals surface area contributed by atoms with Crippen molar-refractivity contribution in [3.05, 3.63) is 35.9 Å². The molecule has 0 spiro atoms. The van der Waals surface area contributed by atoms with Gasteiger partial charge in [-0.05, 0) is 17.9 Å². The van der Waals surface area contributed by atoms with Crippen LogP contribution in [0.25, 0.3) is 0 Å². The first-order valence-corrected chi connectivity index (χ1v) is 6.96. The van der Waals surface area contributed by atoms with Crippen molar-refractivity contribution >= 4 is 5.97 Å². The van der Waals surface area contributed by atoms with Crippen LogP contribution in [0, 0.1) is 11.3 Å². The minimum atomic E-state index is -0.0527. The van der Waals surface area contributed by atoms with Crippen LogP contribution in [0.1, 0.15) is 26.3 Å². The fourth-order valence-electron chi connectivity index (χ4n) is 2.85. The average molecular weight is 261 g/mol. The summed E-state index contributed by atoms with van der Waals surface area (Å²) in [5.41, 5.74) is 1.28. The molecule has 0 saturated carbocycles. The first-order chi connectivity index (χ1) is 9.03. The minimum Gasteiger partial charge on any atom is -0.466 e. The Labute approximate surface area is 115 Å². The van der Waals surface area contributed by atoms with Gasteiger partial charge in [0.1, 0.15) is 0 Å². The summed E-state index contributed by atoms with van der Waals surface area (Å²) in [6.07, 6.45) is 0. The van der Waals surface area contributed by atoms with E-state index in [1.54, 1.807) is 0 Å². The van der Waals surface area contributed by atoms with Crippen molar-refractivity contribution in [1.29, 1.82) is 0 Å². The van der Waals surface area contributed by atoms with Crippen LogP contribution in [0.2, 0.25) is 0 Å². The fourth-order valence-corrected chi connectivity index (χ4v) is 2.85. The molecule has 1 saturated heterocycles. The van der Waals surface area contributed by atoms with Crippen molar-refractivity contribution in [2.45, 2.75) is 27.3 Å². The van der Waals surface area contributed by atoms with Gasteiger partial charge in [-0.3, -0.25) is 9.69 Å². The summed E-state index contributed by atoms with van der Waals surface area (Å²) in [6, 6.07) is 10.4. The van der Waals surface area contributed by atoms with Crippen molar-refractivity contribution < 1.29 is 9.53 Å². The number of ether oxygens (including phenoxy) is 1. The number of carbonyl (C=O) groups is 1. The van der Waals surface area contributed by atoms with Crippen molar-refractivity contribution in [2.24, 2.45) is 11.3 Å². The Morgan fingerprint density at radius 1 is 1.37 bits per heavy atom. The van der Waals surface area contributed by atoms with Crippen LogP contribution in [0.15, 0.2) is 30.3 Å². The van der Waals surface area contributed by atoms with Crippen LogP contribution in [0.3, 0.4) is 0 Å². The van der Waals surface area contributed by atoms with Gasteiger partial charge in [-0.2, -0.15) is 0 Å². The lowest BCUT2D eigenvalue weighted by Gasteiger charge is -2.23. The molecule has 1 aliphatic rings. The average Bonchev–Trinajstić information content (AvgIpc) is 2.66. The molecular weight excluding hydrogens is 238 g/mol. The molecule has 1 aromatic rings. The van der Waals surface area contributed by atoms with Gasteiger partial charge in [0.2, 0.25) is 0 Å². The number of rotatable bonds is 4. The van der Waals surface area contributed by atoms with Gasteiger partial charge < -0.3 is 4.74 Å². The zero-order valence-corrected chi connectivity index (χ0v) is 12.1. The third-order valence-electron chi connectivity index (χ3n) is 3.84. The number of nitrogens with zero attached hydrogens (tertiary/aromatic N) is 1. The first-order valence-electron chi connectivity index (χ1n) is 6.96. The van der Waals surface area contributed by atoms with Crippen LogP contribution in [0.4, 0.5) is 0 Å². The van der Waals surface area contributed by atoms with Crippen molar-refractivity contribution in [2.75, 3.05) is 19.7 Å². The SMILES string of the molecule is CCOC(=O)[C@@H]1CN(Cc2ccccc2)CC1(C)C. The maximum Gasteiger partial charge on any atom is 0.310 e. The maximum atomic E-state index is 12.0. The lowest BCUT2D eigenvalue weighted by molar-refractivity contribution is -0.150. The number of carbonyl (C=O) groups excluding carboxylic acids is 1. The Balaban J connectivity index is 2.01. The summed E-state index contributed by atoms with van der Waals surface area (Å²) in [6.45, 7) is 9.26. The predicted octanol–water partition coefficient (Wildman–Crippen LogP) is 2.71. The molecule has 1 heterocycles. The fraction of sp³-hybridized carbons (Fsp3) is 0.562. The summed E-state index contributed by atoms with van der Waals surface area (Å²) in [7, 11) is 0. The number of hydrogen-bond donors (Lipinski definition) is 0. The molecule has 1 aromatic carbocycles. The summed E-state index contributed by atoms with van der Waals surface area (Å²) in [5, 5.41) is 0. The third-order valence-corrected chi connectivity index (χ3v) is 3.84. The van der Waals surface area contributed by atoms with Gasteiger partial charge in [-0.1, -0.05) is 44.2 Å². The lowest BCUT2D eigenvalue weighted by Crippen LogP contribution is -2.30. The molecule has 1 aliphatic heterocycles. The van der Waals surface area contributed by atoms with Gasteiger partial charge in [0, 0.05) is 19.6 Å². The highest BCUT2D eigenvalue weighted by Gasteiger charge is 2.44. The van der Waals surface area contributed by atoms with Crippen LogP contribution >= 0.6 is 0 Å². The first kappa shape index (κ1) is 14.1. The maximum absolute atomic E-state index is 12.0.